The number of para-hydroxylation sites is 1. The van der Waals surface area contributed by atoms with Gasteiger partial charge in [0.15, 0.2) is 5.43 Å². The molecule has 0 unspecified atom stereocenters. The fourth-order valence-electron chi connectivity index (χ4n) is 3.43. The highest BCUT2D eigenvalue weighted by Gasteiger charge is 2.19. The Morgan fingerprint density at radius 1 is 1.07 bits per heavy atom. The summed E-state index contributed by atoms with van der Waals surface area (Å²) in [6.45, 7) is 10.9. The average molecular weight is 391 g/mol. The van der Waals surface area contributed by atoms with Crippen molar-refractivity contribution >= 4 is 24.0 Å². The van der Waals surface area contributed by atoms with Gasteiger partial charge in [0.25, 0.3) is 5.91 Å². The summed E-state index contributed by atoms with van der Waals surface area (Å²) in [7, 11) is 0. The number of aryl methyl sites for hydroxylation is 3. The number of hydrogen-bond acceptors (Lipinski definition) is 2. The molecule has 4 nitrogen and oxygen atoms in total. The molecule has 148 valence electrons. The van der Waals surface area contributed by atoms with Crippen LogP contribution in [0.25, 0.3) is 0 Å². The first-order valence-corrected chi connectivity index (χ1v) is 9.57. The molecule has 0 saturated carbocycles. The van der Waals surface area contributed by atoms with E-state index in [4.69, 9.17) is 0 Å². The molecule has 0 saturated heterocycles. The Bertz CT molecular complexity index is 834. The first-order valence-electron chi connectivity index (χ1n) is 9.57. The average Bonchev–Trinajstić information content (AvgIpc) is 2.61. The third kappa shape index (κ3) is 5.01. The fourth-order valence-corrected chi connectivity index (χ4v) is 3.43. The van der Waals surface area contributed by atoms with Crippen LogP contribution in [0.15, 0.2) is 29.1 Å². The van der Waals surface area contributed by atoms with Crippen molar-refractivity contribution in [3.05, 3.63) is 62.6 Å². The lowest BCUT2D eigenvalue weighted by molar-refractivity contribution is 0.102. The van der Waals surface area contributed by atoms with Gasteiger partial charge < -0.3 is 9.88 Å². The van der Waals surface area contributed by atoms with Crippen LogP contribution in [0.1, 0.15) is 66.5 Å². The van der Waals surface area contributed by atoms with Crippen molar-refractivity contribution in [1.82, 2.24) is 4.57 Å². The van der Waals surface area contributed by atoms with Gasteiger partial charge in [-0.3, -0.25) is 9.59 Å². The van der Waals surface area contributed by atoms with E-state index in [1.165, 1.54) is 0 Å². The van der Waals surface area contributed by atoms with Gasteiger partial charge >= 0.3 is 0 Å². The summed E-state index contributed by atoms with van der Waals surface area (Å²) in [4.78, 5) is 25.6. The van der Waals surface area contributed by atoms with Crippen LogP contribution in [0.2, 0.25) is 0 Å². The van der Waals surface area contributed by atoms with Crippen molar-refractivity contribution in [2.24, 2.45) is 0 Å². The van der Waals surface area contributed by atoms with Crippen LogP contribution in [0.4, 0.5) is 5.69 Å². The smallest absolute Gasteiger partial charge is 0.261 e. The monoisotopic (exact) mass is 390 g/mol. The van der Waals surface area contributed by atoms with E-state index in [1.54, 1.807) is 6.07 Å². The summed E-state index contributed by atoms with van der Waals surface area (Å²) in [6, 6.07) is 7.64. The molecule has 0 aliphatic rings. The number of nitrogens with one attached hydrogen (secondary N) is 1. The normalized spacial score (nSPS) is 10.4. The molecule has 1 N–H and O–H groups in total. The van der Waals surface area contributed by atoms with E-state index in [9.17, 15) is 9.59 Å². The maximum absolute atomic E-state index is 13.0. The first-order chi connectivity index (χ1) is 12.4. The van der Waals surface area contributed by atoms with E-state index in [1.807, 2.05) is 32.0 Å². The minimum Gasteiger partial charge on any atom is -0.348 e. The number of amides is 1. The maximum Gasteiger partial charge on any atom is 0.261 e. The molecule has 1 aromatic carbocycles. The van der Waals surface area contributed by atoms with Gasteiger partial charge in [-0.05, 0) is 44.2 Å². The van der Waals surface area contributed by atoms with E-state index in [2.05, 4.69) is 30.7 Å². The van der Waals surface area contributed by atoms with Gasteiger partial charge in [0, 0.05) is 29.7 Å². The first kappa shape index (κ1) is 23.0. The number of carbonyl (C=O) groups is 1. The lowest BCUT2D eigenvalue weighted by atomic mass is 10.0. The molecule has 1 heterocycles. The Labute approximate surface area is 168 Å². The number of pyridine rings is 1. The molecular formula is C22H31ClN2O2. The number of halogens is 1. The molecule has 0 bridgehead atoms. The van der Waals surface area contributed by atoms with Gasteiger partial charge in [0.2, 0.25) is 0 Å². The number of carbonyl (C=O) groups excluding carboxylic acids is 1. The van der Waals surface area contributed by atoms with Gasteiger partial charge in [-0.1, -0.05) is 45.4 Å². The number of rotatable bonds is 7. The summed E-state index contributed by atoms with van der Waals surface area (Å²) >= 11 is 0. The second-order valence-electron chi connectivity index (χ2n) is 6.73. The van der Waals surface area contributed by atoms with Crippen LogP contribution in [0, 0.1) is 13.8 Å². The summed E-state index contributed by atoms with van der Waals surface area (Å²) < 4.78 is 2.08. The summed E-state index contributed by atoms with van der Waals surface area (Å²) in [5.74, 6) is -0.312. The Kier molecular flexibility index (Phi) is 8.77. The number of benzene rings is 1. The summed E-state index contributed by atoms with van der Waals surface area (Å²) in [5.41, 5.74) is 4.72. The van der Waals surface area contributed by atoms with E-state index >= 15 is 0 Å². The molecule has 0 aliphatic heterocycles. The Balaban J connectivity index is 0.00000364. The molecule has 5 heteroatoms. The van der Waals surface area contributed by atoms with Crippen LogP contribution < -0.4 is 10.7 Å². The van der Waals surface area contributed by atoms with E-state index in [0.717, 1.165) is 60.4 Å². The molecule has 2 rings (SSSR count). The second-order valence-corrected chi connectivity index (χ2v) is 6.73. The highest BCUT2D eigenvalue weighted by atomic mass is 35.5. The van der Waals surface area contributed by atoms with Gasteiger partial charge in [0.1, 0.15) is 5.56 Å². The van der Waals surface area contributed by atoms with Crippen molar-refractivity contribution in [3.8, 4) is 0 Å². The number of unbranched alkanes of at least 4 members (excludes halogenated alkanes) is 1. The highest BCUT2D eigenvalue weighted by Crippen LogP contribution is 2.23. The van der Waals surface area contributed by atoms with Crippen molar-refractivity contribution in [1.29, 1.82) is 0 Å². The Morgan fingerprint density at radius 2 is 1.67 bits per heavy atom. The predicted molar refractivity (Wildman–Crippen MR) is 115 cm³/mol. The maximum atomic E-state index is 13.0. The van der Waals surface area contributed by atoms with E-state index < -0.39 is 0 Å². The van der Waals surface area contributed by atoms with Gasteiger partial charge in [-0.15, -0.1) is 12.4 Å². The van der Waals surface area contributed by atoms with Crippen molar-refractivity contribution in [2.45, 2.75) is 66.8 Å². The number of aromatic nitrogens is 1. The van der Waals surface area contributed by atoms with Crippen LogP contribution in [0.5, 0.6) is 0 Å². The topological polar surface area (TPSA) is 51.1 Å². The van der Waals surface area contributed by atoms with Gasteiger partial charge in [-0.25, -0.2) is 0 Å². The number of nitrogens with zero attached hydrogens (tertiary/aromatic N) is 1. The lowest BCUT2D eigenvalue weighted by Gasteiger charge is -2.19. The summed E-state index contributed by atoms with van der Waals surface area (Å²) in [6.07, 6.45) is 3.74. The fraction of sp³-hybridized carbons (Fsp3) is 0.455. The minimum absolute atomic E-state index is 0. The summed E-state index contributed by atoms with van der Waals surface area (Å²) in [5, 5.41) is 3.03. The van der Waals surface area contributed by atoms with Crippen LogP contribution in [-0.2, 0) is 19.4 Å². The largest absolute Gasteiger partial charge is 0.348 e. The molecule has 27 heavy (non-hydrogen) atoms. The zero-order chi connectivity index (χ0) is 19.3. The van der Waals surface area contributed by atoms with Crippen LogP contribution in [0.3, 0.4) is 0 Å². The van der Waals surface area contributed by atoms with Crippen molar-refractivity contribution in [2.75, 3.05) is 5.32 Å². The highest BCUT2D eigenvalue weighted by molar-refractivity contribution is 6.05. The molecule has 0 aliphatic carbocycles. The SMILES string of the molecule is CCCCn1c(C)cc(=O)c(C(=O)Nc2c(CC)cccc2CC)c1C.Cl. The van der Waals surface area contributed by atoms with E-state index in [0.29, 0.717) is 0 Å². The quantitative estimate of drug-likeness (QED) is 0.717. The Hall–Kier alpha value is -2.07. The number of hydrogen-bond donors (Lipinski definition) is 1. The zero-order valence-corrected chi connectivity index (χ0v) is 17.8. The molecule has 0 atom stereocenters. The second kappa shape index (κ2) is 10.3. The number of anilines is 1. The van der Waals surface area contributed by atoms with Gasteiger partial charge in [0.05, 0.1) is 0 Å². The van der Waals surface area contributed by atoms with Crippen LogP contribution >= 0.6 is 12.4 Å². The predicted octanol–water partition coefficient (Wildman–Crippen LogP) is 5.06. The zero-order valence-electron chi connectivity index (χ0n) is 17.0. The van der Waals surface area contributed by atoms with Crippen molar-refractivity contribution < 1.29 is 4.79 Å². The van der Waals surface area contributed by atoms with Crippen molar-refractivity contribution in [3.63, 3.8) is 0 Å². The van der Waals surface area contributed by atoms with Crippen LogP contribution in [-0.4, -0.2) is 10.5 Å². The standard InChI is InChI=1S/C22H30N2O2.ClH/c1-6-9-13-24-15(4)14-19(25)20(16(24)5)22(26)23-21-17(7-2)11-10-12-18(21)8-3;/h10-12,14H,6-9,13H2,1-5H3,(H,23,26);1H. The lowest BCUT2D eigenvalue weighted by Crippen LogP contribution is -2.27. The molecule has 0 radical (unpaired) electrons. The molecular weight excluding hydrogens is 360 g/mol. The van der Waals surface area contributed by atoms with E-state index in [-0.39, 0.29) is 29.3 Å². The molecule has 1 aromatic heterocycles. The molecule has 1 amide bonds. The Morgan fingerprint density at radius 3 is 2.19 bits per heavy atom. The minimum atomic E-state index is -0.312. The van der Waals surface area contributed by atoms with Gasteiger partial charge in [-0.2, -0.15) is 0 Å². The third-order valence-corrected chi connectivity index (χ3v) is 4.98. The molecule has 0 fully saturated rings. The third-order valence-electron chi connectivity index (χ3n) is 4.98. The molecule has 2 aromatic rings. The molecule has 0 spiro atoms.